The number of ether oxygens (including phenoxy) is 2. The lowest BCUT2D eigenvalue weighted by Crippen LogP contribution is -2.17. The Labute approximate surface area is 130 Å². The highest BCUT2D eigenvalue weighted by Crippen LogP contribution is 2.37. The van der Waals surface area contributed by atoms with Gasteiger partial charge >= 0.3 is 0 Å². The molecule has 0 saturated heterocycles. The Morgan fingerprint density at radius 1 is 1.40 bits per heavy atom. The van der Waals surface area contributed by atoms with E-state index in [1.807, 2.05) is 26.0 Å². The molecule has 0 spiro atoms. The van der Waals surface area contributed by atoms with Crippen LogP contribution in [0.4, 0.5) is 0 Å². The predicted molar refractivity (Wildman–Crippen MR) is 86.2 cm³/mol. The van der Waals surface area contributed by atoms with E-state index in [4.69, 9.17) is 21.6 Å². The normalized spacial score (nSPS) is 11.8. The molecular weight excluding hydrogens is 318 g/mol. The standard InChI is InChI=1S/C16H22BrNO2/c1-4-6-7-8-20-16-14(17)10-13(9-12(3)18)11-15(16)19-5-2/h1,10-12H,5-9,18H2,2-3H3. The number of benzene rings is 1. The fourth-order valence-corrected chi connectivity index (χ4v) is 2.47. The molecule has 1 aromatic carbocycles. The summed E-state index contributed by atoms with van der Waals surface area (Å²) in [5.41, 5.74) is 6.97. The smallest absolute Gasteiger partial charge is 0.175 e. The van der Waals surface area contributed by atoms with Gasteiger partial charge in [0.05, 0.1) is 17.7 Å². The van der Waals surface area contributed by atoms with Crippen molar-refractivity contribution in [3.63, 3.8) is 0 Å². The van der Waals surface area contributed by atoms with Gasteiger partial charge in [0.25, 0.3) is 0 Å². The molecule has 1 rings (SSSR count). The van der Waals surface area contributed by atoms with Crippen molar-refractivity contribution in [1.29, 1.82) is 0 Å². The van der Waals surface area contributed by atoms with Crippen LogP contribution in [0.15, 0.2) is 16.6 Å². The molecule has 0 radical (unpaired) electrons. The molecule has 2 N–H and O–H groups in total. The van der Waals surface area contributed by atoms with Gasteiger partial charge in [-0.3, -0.25) is 0 Å². The zero-order valence-corrected chi connectivity index (χ0v) is 13.7. The number of halogens is 1. The topological polar surface area (TPSA) is 44.5 Å². The summed E-state index contributed by atoms with van der Waals surface area (Å²) in [6.07, 6.45) is 7.57. The van der Waals surface area contributed by atoms with Crippen LogP contribution in [0.3, 0.4) is 0 Å². The first-order valence-corrected chi connectivity index (χ1v) is 7.64. The minimum Gasteiger partial charge on any atom is -0.490 e. The molecular formula is C16H22BrNO2. The van der Waals surface area contributed by atoms with E-state index in [0.29, 0.717) is 19.6 Å². The molecule has 0 aliphatic rings. The molecule has 1 unspecified atom stereocenters. The molecule has 4 heteroatoms. The fraction of sp³-hybridized carbons (Fsp3) is 0.500. The van der Waals surface area contributed by atoms with E-state index in [1.54, 1.807) is 0 Å². The van der Waals surface area contributed by atoms with Gasteiger partial charge in [0.15, 0.2) is 11.5 Å². The van der Waals surface area contributed by atoms with Crippen molar-refractivity contribution in [3.05, 3.63) is 22.2 Å². The lowest BCUT2D eigenvalue weighted by atomic mass is 10.1. The van der Waals surface area contributed by atoms with Crippen LogP contribution in [0.5, 0.6) is 11.5 Å². The van der Waals surface area contributed by atoms with Crippen LogP contribution in [-0.4, -0.2) is 19.3 Å². The van der Waals surface area contributed by atoms with Crippen LogP contribution in [0.1, 0.15) is 32.3 Å². The van der Waals surface area contributed by atoms with Gasteiger partial charge in [-0.15, -0.1) is 12.3 Å². The van der Waals surface area contributed by atoms with E-state index in [2.05, 4.69) is 21.9 Å². The van der Waals surface area contributed by atoms with Gasteiger partial charge in [0.1, 0.15) is 0 Å². The van der Waals surface area contributed by atoms with Gasteiger partial charge in [-0.1, -0.05) is 0 Å². The highest BCUT2D eigenvalue weighted by atomic mass is 79.9. The molecule has 0 aromatic heterocycles. The van der Waals surface area contributed by atoms with Gasteiger partial charge < -0.3 is 15.2 Å². The van der Waals surface area contributed by atoms with E-state index in [9.17, 15) is 0 Å². The van der Waals surface area contributed by atoms with Crippen molar-refractivity contribution in [2.24, 2.45) is 5.73 Å². The van der Waals surface area contributed by atoms with E-state index in [-0.39, 0.29) is 6.04 Å². The van der Waals surface area contributed by atoms with Crippen LogP contribution in [0, 0.1) is 12.3 Å². The lowest BCUT2D eigenvalue weighted by Gasteiger charge is -2.16. The third-order valence-corrected chi connectivity index (χ3v) is 3.23. The summed E-state index contributed by atoms with van der Waals surface area (Å²) in [6, 6.07) is 4.13. The maximum absolute atomic E-state index is 5.84. The number of terminal acetylenes is 1. The summed E-state index contributed by atoms with van der Waals surface area (Å²) in [5, 5.41) is 0. The highest BCUT2D eigenvalue weighted by molar-refractivity contribution is 9.10. The Hall–Kier alpha value is -1.18. The second-order valence-electron chi connectivity index (χ2n) is 4.68. The van der Waals surface area contributed by atoms with Crippen molar-refractivity contribution in [2.45, 2.75) is 39.2 Å². The van der Waals surface area contributed by atoms with Crippen LogP contribution in [-0.2, 0) is 6.42 Å². The maximum atomic E-state index is 5.84. The molecule has 0 bridgehead atoms. The monoisotopic (exact) mass is 339 g/mol. The van der Waals surface area contributed by atoms with Crippen molar-refractivity contribution in [3.8, 4) is 23.8 Å². The third-order valence-electron chi connectivity index (χ3n) is 2.64. The zero-order chi connectivity index (χ0) is 15.0. The first-order valence-electron chi connectivity index (χ1n) is 6.85. The number of rotatable bonds is 8. The summed E-state index contributed by atoms with van der Waals surface area (Å²) < 4.78 is 12.3. The molecule has 0 amide bonds. The summed E-state index contributed by atoms with van der Waals surface area (Å²) in [7, 11) is 0. The number of hydrogen-bond acceptors (Lipinski definition) is 3. The molecule has 0 aliphatic heterocycles. The first-order chi connectivity index (χ1) is 9.58. The molecule has 3 nitrogen and oxygen atoms in total. The zero-order valence-electron chi connectivity index (χ0n) is 12.1. The van der Waals surface area contributed by atoms with Crippen LogP contribution in [0.25, 0.3) is 0 Å². The summed E-state index contributed by atoms with van der Waals surface area (Å²) >= 11 is 3.54. The van der Waals surface area contributed by atoms with Gasteiger partial charge in [-0.25, -0.2) is 0 Å². The van der Waals surface area contributed by atoms with Crippen molar-refractivity contribution in [1.82, 2.24) is 0 Å². The van der Waals surface area contributed by atoms with Crippen molar-refractivity contribution in [2.75, 3.05) is 13.2 Å². The summed E-state index contributed by atoms with van der Waals surface area (Å²) in [5.74, 6) is 4.08. The fourth-order valence-electron chi connectivity index (χ4n) is 1.86. The SMILES string of the molecule is C#CCCCOc1c(Br)cc(CC(C)N)cc1OCC. The maximum Gasteiger partial charge on any atom is 0.175 e. The number of unbranched alkanes of at least 4 members (excludes halogenated alkanes) is 1. The van der Waals surface area contributed by atoms with Crippen LogP contribution >= 0.6 is 15.9 Å². The molecule has 110 valence electrons. The van der Waals surface area contributed by atoms with Gasteiger partial charge in [-0.2, -0.15) is 0 Å². The molecule has 20 heavy (non-hydrogen) atoms. The molecule has 0 fully saturated rings. The van der Waals surface area contributed by atoms with Crippen molar-refractivity contribution < 1.29 is 9.47 Å². The van der Waals surface area contributed by atoms with Gasteiger partial charge in [-0.05, 0) is 60.3 Å². The third kappa shape index (κ3) is 5.44. The second-order valence-corrected chi connectivity index (χ2v) is 5.53. The lowest BCUT2D eigenvalue weighted by molar-refractivity contribution is 0.272. The predicted octanol–water partition coefficient (Wildman–Crippen LogP) is 3.53. The van der Waals surface area contributed by atoms with Crippen molar-refractivity contribution >= 4 is 15.9 Å². The van der Waals surface area contributed by atoms with E-state index in [0.717, 1.165) is 34.4 Å². The Morgan fingerprint density at radius 2 is 2.15 bits per heavy atom. The Kier molecular flexibility index (Phi) is 7.50. The average Bonchev–Trinajstić information content (AvgIpc) is 2.36. The van der Waals surface area contributed by atoms with E-state index >= 15 is 0 Å². The number of nitrogens with two attached hydrogens (primary N) is 1. The molecule has 1 atom stereocenters. The molecule has 0 aliphatic carbocycles. The van der Waals surface area contributed by atoms with E-state index in [1.165, 1.54) is 0 Å². The minimum atomic E-state index is 0.110. The summed E-state index contributed by atoms with van der Waals surface area (Å²) in [6.45, 7) is 5.11. The first kappa shape index (κ1) is 16.9. The van der Waals surface area contributed by atoms with Crippen LogP contribution < -0.4 is 15.2 Å². The Balaban J connectivity index is 2.88. The Morgan fingerprint density at radius 3 is 2.75 bits per heavy atom. The highest BCUT2D eigenvalue weighted by Gasteiger charge is 2.13. The second kappa shape index (κ2) is 8.89. The molecule has 0 saturated carbocycles. The molecule has 0 heterocycles. The quantitative estimate of drug-likeness (QED) is 0.582. The van der Waals surface area contributed by atoms with Crippen LogP contribution in [0.2, 0.25) is 0 Å². The van der Waals surface area contributed by atoms with Gasteiger partial charge in [0.2, 0.25) is 0 Å². The molecule has 1 aromatic rings. The Bertz CT molecular complexity index is 466. The van der Waals surface area contributed by atoms with E-state index < -0.39 is 0 Å². The number of hydrogen-bond donors (Lipinski definition) is 1. The average molecular weight is 340 g/mol. The minimum absolute atomic E-state index is 0.110. The largest absolute Gasteiger partial charge is 0.490 e. The van der Waals surface area contributed by atoms with Gasteiger partial charge in [0, 0.05) is 12.5 Å². The summed E-state index contributed by atoms with van der Waals surface area (Å²) in [4.78, 5) is 0.